The molecular weight excluding hydrogens is 261 g/mol. The lowest BCUT2D eigenvalue weighted by Crippen LogP contribution is -2.04. The summed E-state index contributed by atoms with van der Waals surface area (Å²) in [5.41, 5.74) is 0.631. The Hall–Kier alpha value is -2.07. The molecule has 94 valence electrons. The minimum Gasteiger partial charge on any atom is -0.322 e. The molecule has 1 N–H and O–H groups in total. The number of aromatic nitrogens is 1. The lowest BCUT2D eigenvalue weighted by atomic mass is 10.2. The Labute approximate surface area is 113 Å². The van der Waals surface area contributed by atoms with Gasteiger partial charge in [0.2, 0.25) is 5.56 Å². The van der Waals surface area contributed by atoms with Crippen LogP contribution in [0.15, 0.2) is 69.2 Å². The van der Waals surface area contributed by atoms with Gasteiger partial charge in [0.1, 0.15) is 5.82 Å². The second kappa shape index (κ2) is 4.90. The van der Waals surface area contributed by atoms with E-state index in [0.29, 0.717) is 0 Å². The molecule has 0 saturated heterocycles. The van der Waals surface area contributed by atoms with Gasteiger partial charge < -0.3 is 4.98 Å². The summed E-state index contributed by atoms with van der Waals surface area (Å²) >= 11 is 1.39. The monoisotopic (exact) mass is 271 g/mol. The van der Waals surface area contributed by atoms with E-state index in [1.807, 2.05) is 30.3 Å². The summed E-state index contributed by atoms with van der Waals surface area (Å²) in [5, 5.41) is 0.955. The summed E-state index contributed by atoms with van der Waals surface area (Å²) in [5.74, 6) is -0.279. The molecule has 0 saturated carbocycles. The maximum absolute atomic E-state index is 13.2. The van der Waals surface area contributed by atoms with Crippen molar-refractivity contribution in [1.29, 1.82) is 0 Å². The lowest BCUT2D eigenvalue weighted by molar-refractivity contribution is 0.624. The lowest BCUT2D eigenvalue weighted by Gasteiger charge is -2.05. The molecule has 0 spiro atoms. The van der Waals surface area contributed by atoms with Gasteiger partial charge in [0.15, 0.2) is 0 Å². The van der Waals surface area contributed by atoms with Crippen molar-refractivity contribution >= 4 is 22.7 Å². The number of nitrogens with one attached hydrogen (secondary N) is 1. The SMILES string of the molecule is O=c1cc(Sc2cccc(F)c2)c2ccccc2[nH]1. The molecule has 0 atom stereocenters. The van der Waals surface area contributed by atoms with Gasteiger partial charge in [0.05, 0.1) is 0 Å². The quantitative estimate of drug-likeness (QED) is 0.768. The van der Waals surface area contributed by atoms with E-state index in [9.17, 15) is 9.18 Å². The first kappa shape index (κ1) is 12.0. The van der Waals surface area contributed by atoms with E-state index in [1.165, 1.54) is 30.0 Å². The second-order valence-electron chi connectivity index (χ2n) is 4.10. The van der Waals surface area contributed by atoms with Crippen LogP contribution in [0.1, 0.15) is 0 Å². The van der Waals surface area contributed by atoms with Gasteiger partial charge in [-0.15, -0.1) is 0 Å². The van der Waals surface area contributed by atoms with E-state index >= 15 is 0 Å². The van der Waals surface area contributed by atoms with Gasteiger partial charge in [0, 0.05) is 26.8 Å². The largest absolute Gasteiger partial charge is 0.322 e. The van der Waals surface area contributed by atoms with Crippen LogP contribution in [0.4, 0.5) is 4.39 Å². The Balaban J connectivity index is 2.12. The first-order valence-corrected chi connectivity index (χ1v) is 6.59. The van der Waals surface area contributed by atoms with Crippen LogP contribution in [0, 0.1) is 5.82 Å². The van der Waals surface area contributed by atoms with Gasteiger partial charge in [-0.25, -0.2) is 4.39 Å². The van der Waals surface area contributed by atoms with Crippen molar-refractivity contribution in [2.24, 2.45) is 0 Å². The first-order valence-electron chi connectivity index (χ1n) is 5.78. The van der Waals surface area contributed by atoms with Crippen molar-refractivity contribution in [1.82, 2.24) is 4.98 Å². The highest BCUT2D eigenvalue weighted by molar-refractivity contribution is 7.99. The molecule has 3 aromatic rings. The normalized spacial score (nSPS) is 10.8. The van der Waals surface area contributed by atoms with E-state index in [0.717, 1.165) is 20.7 Å². The summed E-state index contributed by atoms with van der Waals surface area (Å²) in [7, 11) is 0. The first-order chi connectivity index (χ1) is 9.22. The summed E-state index contributed by atoms with van der Waals surface area (Å²) in [6.07, 6.45) is 0. The molecule has 4 heteroatoms. The Bertz CT molecular complexity index is 797. The van der Waals surface area contributed by atoms with Crippen LogP contribution in [0.25, 0.3) is 10.9 Å². The number of benzene rings is 2. The molecule has 1 aromatic heterocycles. The van der Waals surface area contributed by atoms with Crippen molar-refractivity contribution < 1.29 is 4.39 Å². The highest BCUT2D eigenvalue weighted by atomic mass is 32.2. The van der Waals surface area contributed by atoms with Crippen molar-refractivity contribution in [3.63, 3.8) is 0 Å². The fraction of sp³-hybridized carbons (Fsp3) is 0. The molecule has 0 aliphatic rings. The smallest absolute Gasteiger partial charge is 0.249 e. The van der Waals surface area contributed by atoms with Gasteiger partial charge >= 0.3 is 0 Å². The summed E-state index contributed by atoms with van der Waals surface area (Å²) in [6.45, 7) is 0. The maximum atomic E-state index is 13.2. The fourth-order valence-corrected chi connectivity index (χ4v) is 2.94. The third-order valence-corrected chi connectivity index (χ3v) is 3.78. The minimum atomic E-state index is -0.279. The molecule has 0 amide bonds. The van der Waals surface area contributed by atoms with Crippen LogP contribution in [-0.4, -0.2) is 4.98 Å². The molecule has 3 rings (SSSR count). The summed E-state index contributed by atoms with van der Waals surface area (Å²) in [4.78, 5) is 16.0. The van der Waals surface area contributed by atoms with Gasteiger partial charge in [-0.1, -0.05) is 36.0 Å². The minimum absolute atomic E-state index is 0.155. The van der Waals surface area contributed by atoms with Crippen molar-refractivity contribution in [2.45, 2.75) is 9.79 Å². The molecule has 2 aromatic carbocycles. The van der Waals surface area contributed by atoms with Gasteiger partial charge in [-0.3, -0.25) is 4.79 Å². The molecule has 0 aliphatic heterocycles. The zero-order valence-corrected chi connectivity index (χ0v) is 10.7. The molecule has 2 nitrogen and oxygen atoms in total. The molecule has 1 heterocycles. The van der Waals surface area contributed by atoms with Gasteiger partial charge in [0.25, 0.3) is 0 Å². The molecule has 0 aliphatic carbocycles. The molecular formula is C15H10FNOS. The number of para-hydroxylation sites is 1. The number of fused-ring (bicyclic) bond motifs is 1. The van der Waals surface area contributed by atoms with Crippen LogP contribution >= 0.6 is 11.8 Å². The average Bonchev–Trinajstić information content (AvgIpc) is 2.38. The van der Waals surface area contributed by atoms with Crippen LogP contribution in [0.3, 0.4) is 0 Å². The number of pyridine rings is 1. The third kappa shape index (κ3) is 2.53. The number of hydrogen-bond acceptors (Lipinski definition) is 2. The van der Waals surface area contributed by atoms with Crippen molar-refractivity contribution in [2.75, 3.05) is 0 Å². The van der Waals surface area contributed by atoms with Crippen LogP contribution in [0.2, 0.25) is 0 Å². The Morgan fingerprint density at radius 3 is 2.68 bits per heavy atom. The van der Waals surface area contributed by atoms with Gasteiger partial charge in [-0.2, -0.15) is 0 Å². The average molecular weight is 271 g/mol. The fourth-order valence-electron chi connectivity index (χ4n) is 1.91. The summed E-state index contributed by atoms with van der Waals surface area (Å²) < 4.78 is 13.2. The number of aromatic amines is 1. The highest BCUT2D eigenvalue weighted by Crippen LogP contribution is 2.31. The molecule has 0 bridgehead atoms. The molecule has 0 radical (unpaired) electrons. The topological polar surface area (TPSA) is 32.9 Å². The summed E-state index contributed by atoms with van der Waals surface area (Å²) in [6, 6.07) is 15.5. The third-order valence-electron chi connectivity index (χ3n) is 2.74. The van der Waals surface area contributed by atoms with Crippen molar-refractivity contribution in [3.8, 4) is 0 Å². The van der Waals surface area contributed by atoms with Crippen LogP contribution < -0.4 is 5.56 Å². The van der Waals surface area contributed by atoms with Crippen LogP contribution in [0.5, 0.6) is 0 Å². The Morgan fingerprint density at radius 2 is 1.84 bits per heavy atom. The van der Waals surface area contributed by atoms with E-state index in [-0.39, 0.29) is 11.4 Å². The number of hydrogen-bond donors (Lipinski definition) is 1. The standard InChI is InChI=1S/C15H10FNOS/c16-10-4-3-5-11(8-10)19-14-9-15(18)17-13-7-2-1-6-12(13)14/h1-9H,(H,17,18). The predicted molar refractivity (Wildman–Crippen MR) is 75.1 cm³/mol. The maximum Gasteiger partial charge on any atom is 0.249 e. The second-order valence-corrected chi connectivity index (χ2v) is 5.22. The molecule has 0 fully saturated rings. The van der Waals surface area contributed by atoms with E-state index in [1.54, 1.807) is 6.07 Å². The Kier molecular flexibility index (Phi) is 3.09. The van der Waals surface area contributed by atoms with Crippen LogP contribution in [-0.2, 0) is 0 Å². The van der Waals surface area contributed by atoms with Crippen molar-refractivity contribution in [3.05, 3.63) is 70.8 Å². The number of halogens is 1. The highest BCUT2D eigenvalue weighted by Gasteiger charge is 2.05. The predicted octanol–water partition coefficient (Wildman–Crippen LogP) is 3.82. The van der Waals surface area contributed by atoms with E-state index in [2.05, 4.69) is 4.98 Å². The van der Waals surface area contributed by atoms with E-state index < -0.39 is 0 Å². The zero-order chi connectivity index (χ0) is 13.2. The van der Waals surface area contributed by atoms with Gasteiger partial charge in [-0.05, 0) is 24.3 Å². The zero-order valence-electron chi connectivity index (χ0n) is 9.89. The Morgan fingerprint density at radius 1 is 1.00 bits per heavy atom. The number of rotatable bonds is 2. The van der Waals surface area contributed by atoms with E-state index in [4.69, 9.17) is 0 Å². The molecule has 19 heavy (non-hydrogen) atoms. The number of H-pyrrole nitrogens is 1. The molecule has 0 unspecified atom stereocenters.